The fraction of sp³-hybridized carbons (Fsp3) is 0.235. The van der Waals surface area contributed by atoms with E-state index in [9.17, 15) is 14.4 Å². The van der Waals surface area contributed by atoms with Crippen molar-refractivity contribution in [3.05, 3.63) is 105 Å². The van der Waals surface area contributed by atoms with E-state index in [4.69, 9.17) is 12.2 Å². The maximum Gasteiger partial charge on any atom is 0.270 e. The van der Waals surface area contributed by atoms with E-state index in [0.717, 1.165) is 70.9 Å². The molecule has 1 aliphatic heterocycles. The molecule has 0 unspecified atom stereocenters. The van der Waals surface area contributed by atoms with Crippen molar-refractivity contribution >= 4 is 63.8 Å². The molecular weight excluding hydrogens is 577 g/mol. The molecule has 218 valence electrons. The molecule has 2 aromatic heterocycles. The molecule has 3 amide bonds. The lowest BCUT2D eigenvalue weighted by Crippen LogP contribution is -2.54. The van der Waals surface area contributed by atoms with Gasteiger partial charge in [-0.3, -0.25) is 24.6 Å². The van der Waals surface area contributed by atoms with Crippen molar-refractivity contribution in [3.63, 3.8) is 0 Å². The predicted molar refractivity (Wildman–Crippen MR) is 176 cm³/mol. The zero-order chi connectivity index (χ0) is 30.2. The summed E-state index contributed by atoms with van der Waals surface area (Å²) in [5.41, 5.74) is 6.77. The second-order valence-corrected chi connectivity index (χ2v) is 12.3. The number of hydrogen-bond acceptors (Lipinski definition) is 5. The van der Waals surface area contributed by atoms with E-state index in [0.29, 0.717) is 11.3 Å². The largest absolute Gasteiger partial charge is 0.322 e. The molecule has 1 fully saturated rings. The van der Waals surface area contributed by atoms with Gasteiger partial charge in [-0.2, -0.15) is 0 Å². The van der Waals surface area contributed by atoms with Crippen LogP contribution in [0.25, 0.3) is 11.1 Å². The van der Waals surface area contributed by atoms with Crippen LogP contribution >= 0.6 is 23.6 Å². The maximum atomic E-state index is 13.8. The van der Waals surface area contributed by atoms with Crippen LogP contribution in [0.1, 0.15) is 63.1 Å². The third kappa shape index (κ3) is 5.34. The Bertz CT molecular complexity index is 1800. The van der Waals surface area contributed by atoms with E-state index in [1.165, 1.54) is 9.78 Å². The number of rotatable bonds is 6. The van der Waals surface area contributed by atoms with Gasteiger partial charge in [0.25, 0.3) is 17.7 Å². The molecule has 1 aliphatic carbocycles. The molecule has 0 bridgehead atoms. The molecule has 2 aromatic carbocycles. The van der Waals surface area contributed by atoms with Crippen LogP contribution in [-0.4, -0.2) is 27.4 Å². The number of amides is 3. The average Bonchev–Trinajstić information content (AvgIpc) is 3.51. The number of carbonyl (C=O) groups is 3. The minimum Gasteiger partial charge on any atom is -0.322 e. The van der Waals surface area contributed by atoms with E-state index in [1.54, 1.807) is 17.4 Å². The molecule has 6 rings (SSSR count). The van der Waals surface area contributed by atoms with E-state index >= 15 is 0 Å². The lowest BCUT2D eigenvalue weighted by molar-refractivity contribution is -0.122. The first kappa shape index (κ1) is 28.8. The molecule has 9 heteroatoms. The summed E-state index contributed by atoms with van der Waals surface area (Å²) in [5, 5.41) is 6.68. The van der Waals surface area contributed by atoms with Gasteiger partial charge in [0.15, 0.2) is 5.11 Å². The first-order chi connectivity index (χ1) is 20.8. The van der Waals surface area contributed by atoms with Gasteiger partial charge in [-0.1, -0.05) is 37.3 Å². The Balaban J connectivity index is 1.40. The summed E-state index contributed by atoms with van der Waals surface area (Å²) in [6.07, 6.45) is 6.47. The van der Waals surface area contributed by atoms with Gasteiger partial charge in [0.1, 0.15) is 10.6 Å². The lowest BCUT2D eigenvalue weighted by Gasteiger charge is -2.29. The molecule has 2 aliphatic rings. The van der Waals surface area contributed by atoms with Crippen LogP contribution in [0.4, 0.5) is 11.4 Å². The zero-order valence-corrected chi connectivity index (χ0v) is 26.0. The van der Waals surface area contributed by atoms with E-state index in [2.05, 4.69) is 22.1 Å². The Morgan fingerprint density at radius 2 is 1.77 bits per heavy atom. The van der Waals surface area contributed by atoms with Crippen LogP contribution in [-0.2, 0) is 28.9 Å². The highest BCUT2D eigenvalue weighted by Crippen LogP contribution is 2.39. The Hall–Kier alpha value is -4.34. The smallest absolute Gasteiger partial charge is 0.270 e. The Morgan fingerprint density at radius 1 is 1.05 bits per heavy atom. The van der Waals surface area contributed by atoms with Crippen LogP contribution < -0.4 is 15.5 Å². The fourth-order valence-corrected chi connectivity index (χ4v) is 7.61. The van der Waals surface area contributed by atoms with E-state index < -0.39 is 11.8 Å². The van der Waals surface area contributed by atoms with Gasteiger partial charge >= 0.3 is 0 Å². The van der Waals surface area contributed by atoms with Crippen LogP contribution in [0, 0.1) is 13.8 Å². The monoisotopic (exact) mass is 608 g/mol. The van der Waals surface area contributed by atoms with Gasteiger partial charge in [0.2, 0.25) is 0 Å². The van der Waals surface area contributed by atoms with Crippen molar-refractivity contribution < 1.29 is 14.4 Å². The Labute approximate surface area is 260 Å². The zero-order valence-electron chi connectivity index (χ0n) is 24.3. The molecule has 4 aromatic rings. The number of aryl methyl sites for hydroxylation is 3. The fourth-order valence-electron chi connectivity index (χ4n) is 5.83. The van der Waals surface area contributed by atoms with Gasteiger partial charge in [-0.25, -0.2) is 0 Å². The highest BCUT2D eigenvalue weighted by Gasteiger charge is 2.35. The minimum absolute atomic E-state index is 0.000867. The molecular formula is C34H32N4O3S2. The lowest BCUT2D eigenvalue weighted by atomic mass is 9.95. The van der Waals surface area contributed by atoms with Crippen molar-refractivity contribution in [2.24, 2.45) is 0 Å². The third-order valence-electron chi connectivity index (χ3n) is 8.09. The van der Waals surface area contributed by atoms with Gasteiger partial charge in [-0.05, 0) is 111 Å². The van der Waals surface area contributed by atoms with E-state index in [1.807, 2.05) is 74.5 Å². The number of nitrogens with one attached hydrogen (secondary N) is 2. The van der Waals surface area contributed by atoms with Crippen LogP contribution in [0.2, 0.25) is 0 Å². The predicted octanol–water partition coefficient (Wildman–Crippen LogP) is 6.68. The normalized spacial score (nSPS) is 15.9. The summed E-state index contributed by atoms with van der Waals surface area (Å²) in [5.74, 6) is -1.14. The van der Waals surface area contributed by atoms with Gasteiger partial charge in [0.05, 0.1) is 11.3 Å². The number of thiocarbonyl (C=S) groups is 1. The van der Waals surface area contributed by atoms with E-state index in [-0.39, 0.29) is 16.6 Å². The van der Waals surface area contributed by atoms with Crippen molar-refractivity contribution in [1.82, 2.24) is 9.88 Å². The van der Waals surface area contributed by atoms with Gasteiger partial charge < -0.3 is 9.88 Å². The molecule has 0 radical (unpaired) electrons. The number of anilines is 2. The topological polar surface area (TPSA) is 83.4 Å². The second-order valence-electron chi connectivity index (χ2n) is 10.9. The Kier molecular flexibility index (Phi) is 7.85. The highest BCUT2D eigenvalue weighted by molar-refractivity contribution is 7.80. The summed E-state index contributed by atoms with van der Waals surface area (Å²) < 4.78 is 2.08. The number of fused-ring (bicyclic) bond motifs is 1. The SMILES string of the molecule is CCc1ccc(N2C(=O)/C(=C/c3cc(C)n(-c4sc5c(c4C(=O)Nc4ccccc4)CCCC5)c3C)C(=O)NC2=S)cc1. The first-order valence-electron chi connectivity index (χ1n) is 14.5. The number of hydrogen-bond donors (Lipinski definition) is 2. The third-order valence-corrected chi connectivity index (χ3v) is 9.65. The van der Waals surface area contributed by atoms with Crippen molar-refractivity contribution in [2.75, 3.05) is 10.2 Å². The number of aromatic nitrogens is 1. The molecule has 43 heavy (non-hydrogen) atoms. The number of benzene rings is 2. The number of carbonyl (C=O) groups excluding carboxylic acids is 3. The number of nitrogens with zero attached hydrogens (tertiary/aromatic N) is 2. The van der Waals surface area contributed by atoms with Gasteiger partial charge in [-0.15, -0.1) is 11.3 Å². The molecule has 0 saturated carbocycles. The van der Waals surface area contributed by atoms with Crippen molar-refractivity contribution in [3.8, 4) is 5.00 Å². The second kappa shape index (κ2) is 11.7. The molecule has 0 atom stereocenters. The Morgan fingerprint density at radius 3 is 2.49 bits per heavy atom. The van der Waals surface area contributed by atoms with Crippen molar-refractivity contribution in [2.45, 2.75) is 52.9 Å². The minimum atomic E-state index is -0.532. The van der Waals surface area contributed by atoms with Crippen LogP contribution in [0.5, 0.6) is 0 Å². The first-order valence-corrected chi connectivity index (χ1v) is 15.7. The molecule has 0 spiro atoms. The van der Waals surface area contributed by atoms with Gasteiger partial charge in [0, 0.05) is 22.0 Å². The number of para-hydroxylation sites is 1. The van der Waals surface area contributed by atoms with Crippen molar-refractivity contribution in [1.29, 1.82) is 0 Å². The standard InChI is InChI=1S/C34H32N4O3S2/c1-4-22-14-16-25(17-15-22)38-32(41)27(30(39)36-34(38)42)19-23-18-20(2)37(21(23)3)33-29(26-12-8-9-13-28(26)43-33)31(40)35-24-10-6-5-7-11-24/h5-7,10-11,14-19H,4,8-9,12-13H2,1-3H3,(H,35,40)(H,36,39,42)/b27-19+. The molecule has 2 N–H and O–H groups in total. The van der Waals surface area contributed by atoms with Crippen LogP contribution in [0.3, 0.4) is 0 Å². The molecule has 7 nitrogen and oxygen atoms in total. The average molecular weight is 609 g/mol. The summed E-state index contributed by atoms with van der Waals surface area (Å²) in [6.45, 7) is 5.99. The maximum absolute atomic E-state index is 13.8. The highest BCUT2D eigenvalue weighted by atomic mass is 32.1. The summed E-state index contributed by atoms with van der Waals surface area (Å²) in [7, 11) is 0. The summed E-state index contributed by atoms with van der Waals surface area (Å²) in [4.78, 5) is 43.1. The molecule has 1 saturated heterocycles. The molecule has 3 heterocycles. The quantitative estimate of drug-likeness (QED) is 0.145. The summed E-state index contributed by atoms with van der Waals surface area (Å²) in [6, 6.07) is 19.0. The van der Waals surface area contributed by atoms with Crippen LogP contribution in [0.15, 0.2) is 66.2 Å². The number of thiophene rings is 1. The summed E-state index contributed by atoms with van der Waals surface area (Å²) >= 11 is 7.04.